The van der Waals surface area contributed by atoms with Crippen molar-refractivity contribution in [2.45, 2.75) is 6.42 Å². The van der Waals surface area contributed by atoms with Gasteiger partial charge in [-0.25, -0.2) is 0 Å². The zero-order chi connectivity index (χ0) is 5.11. The van der Waals surface area contributed by atoms with Crippen LogP contribution in [0.15, 0.2) is 12.3 Å². The molecule has 1 N–H and O–H groups in total. The Kier molecular flexibility index (Phi) is 1.11. The van der Waals surface area contributed by atoms with Crippen LogP contribution in [-0.4, -0.2) is 12.3 Å². The summed E-state index contributed by atoms with van der Waals surface area (Å²) < 4.78 is 0. The average molecular weight is 97.1 g/mol. The first-order chi connectivity index (χ1) is 3.39. The molecule has 0 aliphatic carbocycles. The lowest BCUT2D eigenvalue weighted by Gasteiger charge is -2.01. The van der Waals surface area contributed by atoms with Crippen LogP contribution >= 0.6 is 0 Å². The maximum absolute atomic E-state index is 10.3. The summed E-state index contributed by atoms with van der Waals surface area (Å²) in [6.45, 7) is 0.510. The molecule has 1 heterocycles. The van der Waals surface area contributed by atoms with Gasteiger partial charge in [-0.05, 0) is 6.20 Å². The lowest BCUT2D eigenvalue weighted by Crippen LogP contribution is -2.20. The van der Waals surface area contributed by atoms with E-state index in [1.807, 2.05) is 6.08 Å². The molecule has 1 aliphatic rings. The van der Waals surface area contributed by atoms with E-state index in [0.717, 1.165) is 0 Å². The fourth-order valence-electron chi connectivity index (χ4n) is 0.519. The molecule has 0 saturated carbocycles. The summed E-state index contributed by atoms with van der Waals surface area (Å²) in [6.07, 6.45) is 4.24. The second-order valence-electron chi connectivity index (χ2n) is 1.53. The molecular weight excluding hydrogens is 90.1 g/mol. The lowest BCUT2D eigenvalue weighted by atomic mass is 10.2. The van der Waals surface area contributed by atoms with Gasteiger partial charge in [-0.15, -0.1) is 0 Å². The van der Waals surface area contributed by atoms with E-state index < -0.39 is 0 Å². The third-order valence-corrected chi connectivity index (χ3v) is 0.880. The molecule has 1 aliphatic heterocycles. The molecule has 0 radical (unpaired) electrons. The second-order valence-corrected chi connectivity index (χ2v) is 1.53. The van der Waals surface area contributed by atoms with E-state index >= 15 is 0 Å². The standard InChI is InChI=1S/C5H7NO/c7-5-2-1-3-6-4-5/h1,3,6H,2,4H2. The van der Waals surface area contributed by atoms with E-state index in [1.165, 1.54) is 0 Å². The van der Waals surface area contributed by atoms with Crippen molar-refractivity contribution in [3.8, 4) is 0 Å². The Balaban J connectivity index is 2.47. The fourth-order valence-corrected chi connectivity index (χ4v) is 0.519. The first kappa shape index (κ1) is 4.37. The van der Waals surface area contributed by atoms with Crippen LogP contribution < -0.4 is 5.32 Å². The molecule has 0 bridgehead atoms. The number of carbonyl (C=O) groups is 1. The topological polar surface area (TPSA) is 29.1 Å². The molecule has 0 saturated heterocycles. The molecule has 0 aromatic heterocycles. The first-order valence-electron chi connectivity index (χ1n) is 2.30. The molecule has 0 spiro atoms. The van der Waals surface area contributed by atoms with Gasteiger partial charge in [0.1, 0.15) is 0 Å². The zero-order valence-electron chi connectivity index (χ0n) is 3.98. The van der Waals surface area contributed by atoms with Gasteiger partial charge in [-0.1, -0.05) is 6.08 Å². The molecule has 38 valence electrons. The quantitative estimate of drug-likeness (QED) is 0.463. The summed E-state index contributed by atoms with van der Waals surface area (Å²) >= 11 is 0. The van der Waals surface area contributed by atoms with Gasteiger partial charge in [0, 0.05) is 6.42 Å². The number of hydrogen-bond donors (Lipinski definition) is 1. The molecule has 0 aromatic rings. The Morgan fingerprint density at radius 3 is 2.86 bits per heavy atom. The summed E-state index contributed by atoms with van der Waals surface area (Å²) in [5.74, 6) is 0.266. The van der Waals surface area contributed by atoms with Crippen molar-refractivity contribution < 1.29 is 4.79 Å². The number of Topliss-reactive ketones (excluding diaryl/α,β-unsaturated/α-hetero) is 1. The van der Waals surface area contributed by atoms with Gasteiger partial charge < -0.3 is 5.32 Å². The highest BCUT2D eigenvalue weighted by Crippen LogP contribution is 1.87. The number of nitrogens with one attached hydrogen (secondary N) is 1. The van der Waals surface area contributed by atoms with Crippen molar-refractivity contribution in [2.75, 3.05) is 6.54 Å². The van der Waals surface area contributed by atoms with Crippen molar-refractivity contribution in [1.29, 1.82) is 0 Å². The van der Waals surface area contributed by atoms with Gasteiger partial charge in [0.05, 0.1) is 6.54 Å². The smallest absolute Gasteiger partial charge is 0.155 e. The SMILES string of the molecule is O=C1CC=CNC1. The number of carbonyl (C=O) groups excluding carboxylic acids is 1. The predicted octanol–water partition coefficient (Wildman–Crippen LogP) is 0.0625. The molecule has 0 amide bonds. The summed E-state index contributed by atoms with van der Waals surface area (Å²) in [5.41, 5.74) is 0. The monoisotopic (exact) mass is 97.1 g/mol. The summed E-state index contributed by atoms with van der Waals surface area (Å²) in [6, 6.07) is 0. The molecule has 0 aromatic carbocycles. The van der Waals surface area contributed by atoms with Crippen molar-refractivity contribution in [3.63, 3.8) is 0 Å². The minimum Gasteiger partial charge on any atom is -0.384 e. The Morgan fingerprint density at radius 2 is 2.57 bits per heavy atom. The van der Waals surface area contributed by atoms with Gasteiger partial charge in [0.25, 0.3) is 0 Å². The van der Waals surface area contributed by atoms with Crippen LogP contribution in [0, 0.1) is 0 Å². The lowest BCUT2D eigenvalue weighted by molar-refractivity contribution is -0.117. The molecule has 0 unspecified atom stereocenters. The van der Waals surface area contributed by atoms with Crippen LogP contribution in [0.5, 0.6) is 0 Å². The van der Waals surface area contributed by atoms with E-state index in [-0.39, 0.29) is 5.78 Å². The van der Waals surface area contributed by atoms with Crippen molar-refractivity contribution in [3.05, 3.63) is 12.3 Å². The highest BCUT2D eigenvalue weighted by molar-refractivity contribution is 5.82. The maximum Gasteiger partial charge on any atom is 0.155 e. The molecule has 7 heavy (non-hydrogen) atoms. The number of hydrogen-bond acceptors (Lipinski definition) is 2. The van der Waals surface area contributed by atoms with E-state index in [2.05, 4.69) is 5.32 Å². The molecule has 2 heteroatoms. The average Bonchev–Trinajstić information content (AvgIpc) is 1.69. The number of ketones is 1. The Labute approximate surface area is 42.2 Å². The molecular formula is C5H7NO. The second kappa shape index (κ2) is 1.78. The molecule has 0 atom stereocenters. The van der Waals surface area contributed by atoms with E-state index in [0.29, 0.717) is 13.0 Å². The van der Waals surface area contributed by atoms with E-state index in [1.54, 1.807) is 6.20 Å². The molecule has 2 nitrogen and oxygen atoms in total. The highest BCUT2D eigenvalue weighted by atomic mass is 16.1. The molecule has 1 rings (SSSR count). The van der Waals surface area contributed by atoms with Crippen molar-refractivity contribution in [2.24, 2.45) is 0 Å². The minimum absolute atomic E-state index is 0.266. The molecule has 0 fully saturated rings. The van der Waals surface area contributed by atoms with Crippen LogP contribution in [0.4, 0.5) is 0 Å². The fraction of sp³-hybridized carbons (Fsp3) is 0.400. The third-order valence-electron chi connectivity index (χ3n) is 0.880. The van der Waals surface area contributed by atoms with Crippen LogP contribution in [0.1, 0.15) is 6.42 Å². The third kappa shape index (κ3) is 1.03. The zero-order valence-corrected chi connectivity index (χ0v) is 3.98. The van der Waals surface area contributed by atoms with Crippen LogP contribution in [0.25, 0.3) is 0 Å². The maximum atomic E-state index is 10.3. The summed E-state index contributed by atoms with van der Waals surface area (Å²) in [7, 11) is 0. The van der Waals surface area contributed by atoms with E-state index in [4.69, 9.17) is 0 Å². The van der Waals surface area contributed by atoms with E-state index in [9.17, 15) is 4.79 Å². The van der Waals surface area contributed by atoms with Gasteiger partial charge in [-0.3, -0.25) is 4.79 Å². The van der Waals surface area contributed by atoms with Gasteiger partial charge in [0.15, 0.2) is 5.78 Å². The van der Waals surface area contributed by atoms with Crippen LogP contribution in [0.3, 0.4) is 0 Å². The van der Waals surface area contributed by atoms with Gasteiger partial charge in [0.2, 0.25) is 0 Å². The summed E-state index contributed by atoms with van der Waals surface area (Å²) in [4.78, 5) is 10.3. The van der Waals surface area contributed by atoms with Crippen molar-refractivity contribution in [1.82, 2.24) is 5.32 Å². The highest BCUT2D eigenvalue weighted by Gasteiger charge is 1.98. The normalized spacial score (nSPS) is 19.1. The van der Waals surface area contributed by atoms with Gasteiger partial charge in [-0.2, -0.15) is 0 Å². The first-order valence-corrected chi connectivity index (χ1v) is 2.30. The Morgan fingerprint density at radius 1 is 1.71 bits per heavy atom. The Hall–Kier alpha value is -0.790. The van der Waals surface area contributed by atoms with Gasteiger partial charge >= 0.3 is 0 Å². The largest absolute Gasteiger partial charge is 0.384 e. The number of rotatable bonds is 0. The van der Waals surface area contributed by atoms with Crippen LogP contribution in [0.2, 0.25) is 0 Å². The minimum atomic E-state index is 0.266. The van der Waals surface area contributed by atoms with Crippen LogP contribution in [-0.2, 0) is 4.79 Å². The summed E-state index contributed by atoms with van der Waals surface area (Å²) in [5, 5.41) is 2.80. The number of allylic oxidation sites excluding steroid dienone is 1. The Bertz CT molecular complexity index is 107. The van der Waals surface area contributed by atoms with Crippen molar-refractivity contribution >= 4 is 5.78 Å². The predicted molar refractivity (Wildman–Crippen MR) is 26.8 cm³/mol.